The van der Waals surface area contributed by atoms with E-state index in [1.54, 1.807) is 4.68 Å². The third kappa shape index (κ3) is 5.27. The minimum absolute atomic E-state index is 0.0312. The molecule has 4 heterocycles. The van der Waals surface area contributed by atoms with Crippen LogP contribution in [-0.2, 0) is 11.3 Å². The first-order chi connectivity index (χ1) is 19.4. The lowest BCUT2D eigenvalue weighted by atomic mass is 9.92. The summed E-state index contributed by atoms with van der Waals surface area (Å²) in [6.07, 6.45) is 2.96. The molecule has 0 bridgehead atoms. The summed E-state index contributed by atoms with van der Waals surface area (Å²) in [5.74, 6) is 0.0902. The minimum Gasteiger partial charge on any atom is -0.376 e. The Bertz CT molecular complexity index is 1410. The SMILES string of the molecule is CC[C@@H]1CN(c2nc(Cl)nc3c2nnn3CC2CCCO2)[C@@H](C)CN1C(c1ccc(F)cc1)c1ccc(F)cc1. The van der Waals surface area contributed by atoms with Gasteiger partial charge in [0.05, 0.1) is 18.7 Å². The number of anilines is 1. The summed E-state index contributed by atoms with van der Waals surface area (Å²) in [4.78, 5) is 13.8. The van der Waals surface area contributed by atoms with Crippen LogP contribution >= 0.6 is 11.6 Å². The molecule has 2 saturated heterocycles. The molecule has 0 saturated carbocycles. The van der Waals surface area contributed by atoms with E-state index in [1.807, 2.05) is 24.3 Å². The molecule has 3 atom stereocenters. The lowest BCUT2D eigenvalue weighted by molar-refractivity contribution is 0.0944. The minimum atomic E-state index is -0.288. The molecule has 6 rings (SSSR count). The second-order valence-electron chi connectivity index (χ2n) is 10.7. The van der Waals surface area contributed by atoms with E-state index in [-0.39, 0.29) is 41.1 Å². The van der Waals surface area contributed by atoms with Crippen LogP contribution in [-0.4, -0.2) is 67.7 Å². The number of fused-ring (bicyclic) bond motifs is 1. The predicted molar refractivity (Wildman–Crippen MR) is 149 cm³/mol. The van der Waals surface area contributed by atoms with Gasteiger partial charge in [-0.3, -0.25) is 4.90 Å². The van der Waals surface area contributed by atoms with E-state index in [4.69, 9.17) is 16.3 Å². The normalized spacial score (nSPS) is 22.1. The average molecular weight is 568 g/mol. The topological polar surface area (TPSA) is 72.2 Å². The number of ether oxygens (including phenoxy) is 1. The Hall–Kier alpha value is -3.21. The van der Waals surface area contributed by atoms with Crippen LogP contribution in [0.25, 0.3) is 11.2 Å². The quantitative estimate of drug-likeness (QED) is 0.276. The number of hydrogen-bond acceptors (Lipinski definition) is 7. The van der Waals surface area contributed by atoms with E-state index < -0.39 is 0 Å². The van der Waals surface area contributed by atoms with Gasteiger partial charge >= 0.3 is 0 Å². The van der Waals surface area contributed by atoms with E-state index in [0.717, 1.165) is 37.0 Å². The van der Waals surface area contributed by atoms with Crippen LogP contribution in [0.4, 0.5) is 14.6 Å². The molecule has 2 aliphatic heterocycles. The standard InChI is InChI=1S/C29H32ClF2N7O/c1-3-23-16-37(27-25-28(34-29(30)33-27)39(36-35-25)17-24-5-4-14-40-24)18(2)15-38(23)26(19-6-10-21(31)11-7-19)20-8-12-22(32)13-9-20/h6-13,18,23-24,26H,3-5,14-17H2,1-2H3/t18-,23+,24?/m0/s1. The molecular formula is C29H32ClF2N7O. The number of hydrogen-bond donors (Lipinski definition) is 0. The number of piperazine rings is 1. The first-order valence-corrected chi connectivity index (χ1v) is 14.2. The number of benzene rings is 2. The van der Waals surface area contributed by atoms with E-state index in [0.29, 0.717) is 36.6 Å². The van der Waals surface area contributed by atoms with Gasteiger partial charge in [0.25, 0.3) is 0 Å². The van der Waals surface area contributed by atoms with Gasteiger partial charge < -0.3 is 9.64 Å². The van der Waals surface area contributed by atoms with Gasteiger partial charge in [-0.2, -0.15) is 9.97 Å². The van der Waals surface area contributed by atoms with Crippen molar-refractivity contribution in [2.45, 2.75) is 63.9 Å². The molecule has 11 heteroatoms. The van der Waals surface area contributed by atoms with Crippen LogP contribution in [0.3, 0.4) is 0 Å². The van der Waals surface area contributed by atoms with E-state index >= 15 is 0 Å². The second-order valence-corrected chi connectivity index (χ2v) is 11.0. The third-order valence-electron chi connectivity index (χ3n) is 8.05. The summed E-state index contributed by atoms with van der Waals surface area (Å²) >= 11 is 6.45. The Balaban J connectivity index is 1.34. The highest BCUT2D eigenvalue weighted by molar-refractivity contribution is 6.28. The highest BCUT2D eigenvalue weighted by Gasteiger charge is 2.38. The van der Waals surface area contributed by atoms with Gasteiger partial charge in [0, 0.05) is 31.8 Å². The fourth-order valence-corrected chi connectivity index (χ4v) is 6.19. The van der Waals surface area contributed by atoms with Crippen molar-refractivity contribution >= 4 is 28.6 Å². The summed E-state index contributed by atoms with van der Waals surface area (Å²) in [6.45, 7) is 6.97. The molecule has 0 N–H and O–H groups in total. The van der Waals surface area contributed by atoms with Gasteiger partial charge in [0.15, 0.2) is 17.0 Å². The van der Waals surface area contributed by atoms with Crippen LogP contribution in [0.1, 0.15) is 50.3 Å². The average Bonchev–Trinajstić information content (AvgIpc) is 3.61. The Morgan fingerprint density at radius 3 is 2.27 bits per heavy atom. The van der Waals surface area contributed by atoms with Crippen molar-refractivity contribution in [1.29, 1.82) is 0 Å². The van der Waals surface area contributed by atoms with Gasteiger partial charge in [-0.25, -0.2) is 13.5 Å². The molecule has 210 valence electrons. The molecule has 2 fully saturated rings. The molecule has 0 aliphatic carbocycles. The molecular weight excluding hydrogens is 536 g/mol. The first-order valence-electron chi connectivity index (χ1n) is 13.8. The number of nitrogens with zero attached hydrogens (tertiary/aromatic N) is 7. The molecule has 0 spiro atoms. The van der Waals surface area contributed by atoms with Gasteiger partial charge in [-0.1, -0.05) is 36.4 Å². The summed E-state index contributed by atoms with van der Waals surface area (Å²) in [6, 6.07) is 13.1. The first kappa shape index (κ1) is 27.0. The van der Waals surface area contributed by atoms with Gasteiger partial charge in [-0.15, -0.1) is 5.10 Å². The lowest BCUT2D eigenvalue weighted by Gasteiger charge is -2.49. The number of aromatic nitrogens is 5. The van der Waals surface area contributed by atoms with Gasteiger partial charge in [0.2, 0.25) is 5.28 Å². The highest BCUT2D eigenvalue weighted by atomic mass is 35.5. The number of halogens is 3. The van der Waals surface area contributed by atoms with Crippen molar-refractivity contribution in [2.24, 2.45) is 0 Å². The molecule has 2 aliphatic rings. The van der Waals surface area contributed by atoms with Crippen LogP contribution in [0.2, 0.25) is 5.28 Å². The molecule has 0 amide bonds. The molecule has 1 unspecified atom stereocenters. The predicted octanol–water partition coefficient (Wildman–Crippen LogP) is 5.41. The Labute approximate surface area is 236 Å². The molecule has 4 aromatic rings. The van der Waals surface area contributed by atoms with Crippen molar-refractivity contribution in [3.63, 3.8) is 0 Å². The van der Waals surface area contributed by atoms with E-state index in [2.05, 4.69) is 43.9 Å². The van der Waals surface area contributed by atoms with Crippen molar-refractivity contribution in [1.82, 2.24) is 29.9 Å². The van der Waals surface area contributed by atoms with Crippen molar-refractivity contribution in [2.75, 3.05) is 24.6 Å². The molecule has 40 heavy (non-hydrogen) atoms. The molecule has 0 radical (unpaired) electrons. The maximum Gasteiger partial charge on any atom is 0.226 e. The zero-order valence-corrected chi connectivity index (χ0v) is 23.3. The Morgan fingerprint density at radius 1 is 1.00 bits per heavy atom. The molecule has 8 nitrogen and oxygen atoms in total. The van der Waals surface area contributed by atoms with Gasteiger partial charge in [-0.05, 0) is 73.2 Å². The van der Waals surface area contributed by atoms with Crippen LogP contribution in [0, 0.1) is 11.6 Å². The second kappa shape index (κ2) is 11.3. The monoisotopic (exact) mass is 567 g/mol. The Kier molecular flexibility index (Phi) is 7.65. The summed E-state index contributed by atoms with van der Waals surface area (Å²) < 4.78 is 35.3. The number of rotatable bonds is 7. The van der Waals surface area contributed by atoms with E-state index in [9.17, 15) is 8.78 Å². The van der Waals surface area contributed by atoms with Crippen LogP contribution in [0.5, 0.6) is 0 Å². The fraction of sp³-hybridized carbons (Fsp3) is 0.448. The van der Waals surface area contributed by atoms with Crippen molar-refractivity contribution in [3.8, 4) is 0 Å². The summed E-state index contributed by atoms with van der Waals surface area (Å²) in [5.41, 5.74) is 3.13. The third-order valence-corrected chi connectivity index (χ3v) is 8.22. The zero-order chi connectivity index (χ0) is 27.8. The lowest BCUT2D eigenvalue weighted by Crippen LogP contribution is -2.58. The molecule has 2 aromatic heterocycles. The zero-order valence-electron chi connectivity index (χ0n) is 22.6. The largest absolute Gasteiger partial charge is 0.376 e. The van der Waals surface area contributed by atoms with Gasteiger partial charge in [0.1, 0.15) is 11.6 Å². The molecule has 2 aromatic carbocycles. The smallest absolute Gasteiger partial charge is 0.226 e. The summed E-state index contributed by atoms with van der Waals surface area (Å²) in [5, 5.41) is 9.01. The van der Waals surface area contributed by atoms with Crippen LogP contribution in [0.15, 0.2) is 48.5 Å². The maximum absolute atomic E-state index is 13.9. The van der Waals surface area contributed by atoms with Crippen LogP contribution < -0.4 is 4.90 Å². The Morgan fingerprint density at radius 2 is 1.68 bits per heavy atom. The van der Waals surface area contributed by atoms with Crippen molar-refractivity contribution < 1.29 is 13.5 Å². The maximum atomic E-state index is 13.9. The summed E-state index contributed by atoms with van der Waals surface area (Å²) in [7, 11) is 0. The fourth-order valence-electron chi connectivity index (χ4n) is 6.03. The van der Waals surface area contributed by atoms with Crippen molar-refractivity contribution in [3.05, 3.63) is 76.6 Å². The highest BCUT2D eigenvalue weighted by Crippen LogP contribution is 2.37. The van der Waals surface area contributed by atoms with E-state index in [1.165, 1.54) is 24.3 Å².